The van der Waals surface area contributed by atoms with Crippen molar-refractivity contribution in [2.45, 2.75) is 117 Å². The van der Waals surface area contributed by atoms with Crippen LogP contribution >= 0.6 is 0 Å². The average Bonchev–Trinajstić information content (AvgIpc) is 3.61. The van der Waals surface area contributed by atoms with E-state index in [1.807, 2.05) is 65.1 Å². The lowest BCUT2D eigenvalue weighted by Gasteiger charge is -2.41. The normalized spacial score (nSPS) is 32.7. The number of carbonyl (C=O) groups excluding carboxylic acids is 3. The van der Waals surface area contributed by atoms with Crippen LogP contribution in [0.25, 0.3) is 11.3 Å². The minimum Gasteiger partial charge on any atom is -0.458 e. The first-order valence-corrected chi connectivity index (χ1v) is 17.0. The van der Waals surface area contributed by atoms with E-state index in [1.54, 1.807) is 23.6 Å². The molecular formula is C35H54N6O6. The van der Waals surface area contributed by atoms with Gasteiger partial charge < -0.3 is 25.3 Å². The number of esters is 1. The highest BCUT2D eigenvalue weighted by atomic mass is 16.6. The summed E-state index contributed by atoms with van der Waals surface area (Å²) in [6, 6.07) is 6.92. The molecule has 1 aromatic heterocycles. The molecule has 0 aliphatic carbocycles. The van der Waals surface area contributed by atoms with Gasteiger partial charge >= 0.3 is 12.1 Å². The number of ketones is 1. The van der Waals surface area contributed by atoms with Crippen molar-refractivity contribution in [2.24, 2.45) is 17.8 Å². The summed E-state index contributed by atoms with van der Waals surface area (Å²) in [6.07, 6.45) is 3.81. The topological polar surface area (TPSA) is 151 Å². The summed E-state index contributed by atoms with van der Waals surface area (Å²) in [4.78, 5) is 42.1. The number of hydrogen-bond acceptors (Lipinski definition) is 10. The molecule has 12 heteroatoms. The number of amides is 1. The van der Waals surface area contributed by atoms with Crippen molar-refractivity contribution in [3.63, 3.8) is 0 Å². The Balaban J connectivity index is 1.52. The predicted octanol–water partition coefficient (Wildman–Crippen LogP) is 4.86. The Hall–Kier alpha value is -3.51. The maximum atomic E-state index is 13.5. The number of benzene rings is 1. The summed E-state index contributed by atoms with van der Waals surface area (Å²) >= 11 is 0. The van der Waals surface area contributed by atoms with E-state index in [-0.39, 0.29) is 17.7 Å². The maximum Gasteiger partial charge on any atom is 0.410 e. The van der Waals surface area contributed by atoms with Crippen LogP contribution in [0.5, 0.6) is 0 Å². The number of nitrogens with zero attached hydrogens (tertiary/aromatic N) is 4. The number of Topliss-reactive ketones (excluding diaryl/α,β-unsaturated/α-hetero) is 1. The van der Waals surface area contributed by atoms with E-state index in [2.05, 4.69) is 22.6 Å². The molecule has 0 radical (unpaired) electrons. The van der Waals surface area contributed by atoms with Crippen molar-refractivity contribution in [3.05, 3.63) is 30.5 Å². The Morgan fingerprint density at radius 2 is 1.81 bits per heavy atom. The molecule has 2 saturated heterocycles. The predicted molar refractivity (Wildman–Crippen MR) is 179 cm³/mol. The van der Waals surface area contributed by atoms with Crippen LogP contribution in [0.1, 0.15) is 80.6 Å². The monoisotopic (exact) mass is 654 g/mol. The second-order valence-corrected chi connectivity index (χ2v) is 14.1. The molecule has 4 rings (SSSR count). The SMILES string of the molecule is CC[C@H]1OC(=O)[C@H](C)C(=O)[C@H](C)C[C@](C)(OC)C[C@@H](C)CN[C@H](C)[C@H]2N(CCCCn3cc(-c4cccc(N)c4)nn3)C(=O)O[C@]12C. The van der Waals surface area contributed by atoms with Crippen molar-refractivity contribution >= 4 is 23.5 Å². The Labute approximate surface area is 279 Å². The molecule has 0 unspecified atom stereocenters. The minimum absolute atomic E-state index is 0.179. The van der Waals surface area contributed by atoms with Gasteiger partial charge in [-0.2, -0.15) is 0 Å². The fourth-order valence-corrected chi connectivity index (χ4v) is 7.47. The molecule has 0 bridgehead atoms. The Kier molecular flexibility index (Phi) is 11.7. The lowest BCUT2D eigenvalue weighted by molar-refractivity contribution is -0.170. The fraction of sp³-hybridized carbons (Fsp3) is 0.686. The molecule has 2 aliphatic rings. The summed E-state index contributed by atoms with van der Waals surface area (Å²) in [5.41, 5.74) is 6.57. The van der Waals surface area contributed by atoms with E-state index in [4.69, 9.17) is 19.9 Å². The molecule has 0 spiro atoms. The number of hydrogen-bond donors (Lipinski definition) is 2. The van der Waals surface area contributed by atoms with E-state index in [1.165, 1.54) is 0 Å². The third-order valence-electron chi connectivity index (χ3n) is 10.0. The number of cyclic esters (lactones) is 1. The van der Waals surface area contributed by atoms with E-state index in [0.29, 0.717) is 44.6 Å². The van der Waals surface area contributed by atoms with Crippen molar-refractivity contribution < 1.29 is 28.6 Å². The van der Waals surface area contributed by atoms with Gasteiger partial charge in [0.05, 0.1) is 17.8 Å². The van der Waals surface area contributed by atoms with Gasteiger partial charge in [0.1, 0.15) is 23.5 Å². The fourth-order valence-electron chi connectivity index (χ4n) is 7.47. The van der Waals surface area contributed by atoms with Gasteiger partial charge in [-0.05, 0) is 84.4 Å². The average molecular weight is 655 g/mol. The summed E-state index contributed by atoms with van der Waals surface area (Å²) in [6.45, 7) is 15.2. The van der Waals surface area contributed by atoms with Crippen LogP contribution < -0.4 is 11.1 Å². The number of fused-ring (bicyclic) bond motifs is 1. The zero-order chi connectivity index (χ0) is 34.5. The lowest BCUT2D eigenvalue weighted by Crippen LogP contribution is -2.60. The van der Waals surface area contributed by atoms with Crippen molar-refractivity contribution in [2.75, 3.05) is 25.9 Å². The lowest BCUT2D eigenvalue weighted by atomic mass is 9.81. The number of aryl methyl sites for hydroxylation is 1. The van der Waals surface area contributed by atoms with Crippen molar-refractivity contribution in [3.8, 4) is 11.3 Å². The summed E-state index contributed by atoms with van der Waals surface area (Å²) in [7, 11) is 1.67. The standard InChI is InChI=1S/C35H54N6O6/c1-9-29-35(7)31(25(5)37-20-22(2)18-34(6,45-8)19-23(3)30(42)24(4)32(43)46-29)41(33(44)47-35)16-11-10-15-40-21-28(38-39-40)26-13-12-14-27(36)17-26/h12-14,17,21-25,29,31,37H,9-11,15-16,18-20,36H2,1-8H3/t22-,23-,24-,25-,29-,31-,34-,35-/m1/s1. The number of nitrogen functional groups attached to an aromatic ring is 1. The first-order chi connectivity index (χ1) is 22.2. The zero-order valence-corrected chi connectivity index (χ0v) is 29.3. The van der Waals surface area contributed by atoms with Gasteiger partial charge in [0, 0.05) is 43.4 Å². The number of methoxy groups -OCH3 is 1. The molecule has 1 aromatic carbocycles. The molecule has 3 N–H and O–H groups in total. The van der Waals surface area contributed by atoms with Crippen LogP contribution in [-0.2, 0) is 30.3 Å². The van der Waals surface area contributed by atoms with E-state index < -0.39 is 47.2 Å². The number of carbonyl (C=O) groups is 3. The first-order valence-electron chi connectivity index (χ1n) is 17.0. The Bertz CT molecular complexity index is 1400. The van der Waals surface area contributed by atoms with Crippen LogP contribution in [0.3, 0.4) is 0 Å². The molecule has 2 aliphatic heterocycles. The minimum atomic E-state index is -1.13. The van der Waals surface area contributed by atoms with Crippen molar-refractivity contribution in [1.29, 1.82) is 0 Å². The number of ether oxygens (including phenoxy) is 3. The highest BCUT2D eigenvalue weighted by Crippen LogP contribution is 2.39. The van der Waals surface area contributed by atoms with Gasteiger partial charge in [-0.15, -0.1) is 5.10 Å². The second kappa shape index (κ2) is 15.1. The van der Waals surface area contributed by atoms with Gasteiger partial charge in [-0.3, -0.25) is 19.2 Å². The number of aromatic nitrogens is 3. The largest absolute Gasteiger partial charge is 0.458 e. The maximum absolute atomic E-state index is 13.5. The highest BCUT2D eigenvalue weighted by Gasteiger charge is 2.58. The van der Waals surface area contributed by atoms with Crippen molar-refractivity contribution in [1.82, 2.24) is 25.2 Å². The Morgan fingerprint density at radius 3 is 2.49 bits per heavy atom. The van der Waals surface area contributed by atoms with Crippen LogP contribution in [0.15, 0.2) is 30.5 Å². The number of nitrogens with one attached hydrogen (secondary N) is 1. The molecule has 8 atom stereocenters. The second-order valence-electron chi connectivity index (χ2n) is 14.1. The molecule has 2 fully saturated rings. The molecule has 2 aromatic rings. The smallest absolute Gasteiger partial charge is 0.410 e. The highest BCUT2D eigenvalue weighted by molar-refractivity contribution is 5.99. The van der Waals surface area contributed by atoms with Gasteiger partial charge in [0.2, 0.25) is 0 Å². The number of anilines is 1. The summed E-state index contributed by atoms with van der Waals surface area (Å²) < 4.78 is 19.9. The molecule has 47 heavy (non-hydrogen) atoms. The molecule has 3 heterocycles. The van der Waals surface area contributed by atoms with Crippen LogP contribution in [0.4, 0.5) is 10.5 Å². The summed E-state index contributed by atoms with van der Waals surface area (Å²) in [5, 5.41) is 12.2. The molecular weight excluding hydrogens is 600 g/mol. The molecule has 12 nitrogen and oxygen atoms in total. The molecule has 1 amide bonds. The quantitative estimate of drug-likeness (QED) is 0.175. The van der Waals surface area contributed by atoms with Crippen LogP contribution in [-0.4, -0.2) is 87.3 Å². The van der Waals surface area contributed by atoms with E-state index in [0.717, 1.165) is 24.1 Å². The Morgan fingerprint density at radius 1 is 1.09 bits per heavy atom. The van der Waals surface area contributed by atoms with Crippen LogP contribution in [0.2, 0.25) is 0 Å². The van der Waals surface area contributed by atoms with Gasteiger partial charge in [-0.25, -0.2) is 4.79 Å². The third kappa shape index (κ3) is 8.32. The number of nitrogens with two attached hydrogens (primary N) is 1. The number of rotatable bonds is 8. The third-order valence-corrected chi connectivity index (χ3v) is 10.0. The number of unbranched alkanes of at least 4 members (excludes halogenated alkanes) is 1. The molecule has 0 saturated carbocycles. The van der Waals surface area contributed by atoms with E-state index >= 15 is 0 Å². The van der Waals surface area contributed by atoms with Gasteiger partial charge in [-0.1, -0.05) is 38.1 Å². The van der Waals surface area contributed by atoms with E-state index in [9.17, 15) is 14.4 Å². The van der Waals surface area contributed by atoms with Gasteiger partial charge in [0.25, 0.3) is 0 Å². The first kappa shape index (κ1) is 36.3. The molecule has 260 valence electrons. The summed E-state index contributed by atoms with van der Waals surface area (Å²) in [5.74, 6) is -1.91. The van der Waals surface area contributed by atoms with Crippen LogP contribution in [0, 0.1) is 17.8 Å². The van der Waals surface area contributed by atoms with Gasteiger partial charge in [0.15, 0.2) is 5.60 Å². The zero-order valence-electron chi connectivity index (χ0n) is 29.3.